The Kier molecular flexibility index (Phi) is 15.1. The Labute approximate surface area is 297 Å². The minimum atomic E-state index is -3.74. The lowest BCUT2D eigenvalue weighted by Gasteiger charge is -2.29. The molecular weight excluding hydrogens is 653 g/mol. The van der Waals surface area contributed by atoms with Crippen molar-refractivity contribution in [3.05, 3.63) is 102 Å². The summed E-state index contributed by atoms with van der Waals surface area (Å²) in [7, 11) is -2.30. The third-order valence-corrected chi connectivity index (χ3v) is 10.1. The van der Waals surface area contributed by atoms with Gasteiger partial charge in [-0.2, -0.15) is 0 Å². The van der Waals surface area contributed by atoms with E-state index < -0.39 is 45.9 Å². The number of aliphatic hydroxyl groups excluding tert-OH is 1. The maximum Gasteiger partial charge on any atom is 0.251 e. The van der Waals surface area contributed by atoms with E-state index in [1.54, 1.807) is 42.5 Å². The molecule has 50 heavy (non-hydrogen) atoms. The molecule has 0 fully saturated rings. The summed E-state index contributed by atoms with van der Waals surface area (Å²) in [5.74, 6) is 0.0493. The summed E-state index contributed by atoms with van der Waals surface area (Å²) >= 11 is 0. The average molecular weight is 703 g/mol. The number of hydrogen-bond donors (Lipinski definition) is 4. The van der Waals surface area contributed by atoms with E-state index in [-0.39, 0.29) is 41.9 Å². The predicted molar refractivity (Wildman–Crippen MR) is 197 cm³/mol. The molecule has 3 unspecified atom stereocenters. The molecule has 0 aliphatic heterocycles. The second kappa shape index (κ2) is 18.9. The standard InChI is InChI=1S/C39H50N4O6S/c1-7-15-31(38(46)42-36(28(4)5)39(47)40-25-29-16-10-8-11-17-29)24-35(44)34(22-27(2)3)41-37(45)32-20-14-21-33(23-32)43(6)50(48,49)26-30-18-12-9-13-19-30/h1,8-14,16-21,23,27-28,31,34-36,44H,15,22,24-26H2,2-6H3,(H,40,47)(H,41,45)(H,42,46)/t31?,34?,35?,36-/m0/s1. The van der Waals surface area contributed by atoms with Crippen molar-refractivity contribution >= 4 is 33.4 Å². The number of anilines is 1. The maximum absolute atomic E-state index is 13.5. The minimum absolute atomic E-state index is 0.0214. The Morgan fingerprint density at radius 2 is 1.46 bits per heavy atom. The van der Waals surface area contributed by atoms with Gasteiger partial charge in [0.15, 0.2) is 0 Å². The quantitative estimate of drug-likeness (QED) is 0.142. The molecule has 0 radical (unpaired) electrons. The maximum atomic E-state index is 13.5. The molecule has 10 nitrogen and oxygen atoms in total. The summed E-state index contributed by atoms with van der Waals surface area (Å²) in [5, 5.41) is 20.0. The van der Waals surface area contributed by atoms with Gasteiger partial charge in [0, 0.05) is 25.6 Å². The van der Waals surface area contributed by atoms with E-state index in [9.17, 15) is 27.9 Å². The summed E-state index contributed by atoms with van der Waals surface area (Å²) in [6.45, 7) is 7.87. The number of rotatable bonds is 18. The molecule has 0 saturated heterocycles. The molecule has 0 aromatic heterocycles. The second-order valence-electron chi connectivity index (χ2n) is 13.3. The van der Waals surface area contributed by atoms with Crippen molar-refractivity contribution in [2.75, 3.05) is 11.4 Å². The topological polar surface area (TPSA) is 145 Å². The fraction of sp³-hybridized carbons (Fsp3) is 0.410. The van der Waals surface area contributed by atoms with Crippen LogP contribution in [0, 0.1) is 30.1 Å². The number of nitrogens with one attached hydrogen (secondary N) is 3. The van der Waals surface area contributed by atoms with Crippen LogP contribution in [-0.2, 0) is 31.9 Å². The van der Waals surface area contributed by atoms with Crippen LogP contribution < -0.4 is 20.3 Å². The first-order chi connectivity index (χ1) is 23.7. The molecule has 0 saturated carbocycles. The summed E-state index contributed by atoms with van der Waals surface area (Å²) < 4.78 is 27.4. The number of carbonyl (C=O) groups is 3. The smallest absolute Gasteiger partial charge is 0.251 e. The Bertz CT molecular complexity index is 1710. The lowest BCUT2D eigenvalue weighted by atomic mass is 9.89. The molecule has 0 aliphatic rings. The van der Waals surface area contributed by atoms with Crippen LogP contribution in [0.1, 0.15) is 68.4 Å². The molecule has 3 aromatic carbocycles. The monoisotopic (exact) mass is 702 g/mol. The molecule has 3 aromatic rings. The van der Waals surface area contributed by atoms with E-state index in [0.29, 0.717) is 24.2 Å². The molecule has 0 aliphatic carbocycles. The third-order valence-electron chi connectivity index (χ3n) is 8.40. The lowest BCUT2D eigenvalue weighted by molar-refractivity contribution is -0.132. The van der Waals surface area contributed by atoms with Gasteiger partial charge >= 0.3 is 0 Å². The first-order valence-corrected chi connectivity index (χ1v) is 18.5. The number of hydrogen-bond acceptors (Lipinski definition) is 6. The number of carbonyl (C=O) groups excluding carboxylic acids is 3. The van der Waals surface area contributed by atoms with E-state index in [2.05, 4.69) is 21.9 Å². The van der Waals surface area contributed by atoms with E-state index >= 15 is 0 Å². The number of terminal acetylenes is 1. The predicted octanol–water partition coefficient (Wildman–Crippen LogP) is 4.65. The Balaban J connectivity index is 1.71. The molecule has 11 heteroatoms. The highest BCUT2D eigenvalue weighted by atomic mass is 32.2. The molecule has 0 spiro atoms. The fourth-order valence-electron chi connectivity index (χ4n) is 5.54. The summed E-state index contributed by atoms with van der Waals surface area (Å²) in [5.41, 5.74) is 2.09. The summed E-state index contributed by atoms with van der Waals surface area (Å²) in [6.07, 6.45) is 4.85. The van der Waals surface area contributed by atoms with Crippen LogP contribution in [0.5, 0.6) is 0 Å². The van der Waals surface area contributed by atoms with Crippen molar-refractivity contribution in [1.29, 1.82) is 0 Å². The Morgan fingerprint density at radius 3 is 2.04 bits per heavy atom. The zero-order valence-corrected chi connectivity index (χ0v) is 30.3. The van der Waals surface area contributed by atoms with Gasteiger partial charge in [-0.15, -0.1) is 12.3 Å². The summed E-state index contributed by atoms with van der Waals surface area (Å²) in [6, 6.07) is 23.0. The normalized spacial score (nSPS) is 13.8. The van der Waals surface area contributed by atoms with Gasteiger partial charge in [0.1, 0.15) is 6.04 Å². The molecule has 268 valence electrons. The first-order valence-electron chi connectivity index (χ1n) is 16.9. The van der Waals surface area contributed by atoms with Crippen molar-refractivity contribution < 1.29 is 27.9 Å². The van der Waals surface area contributed by atoms with Crippen molar-refractivity contribution in [3.63, 3.8) is 0 Å². The summed E-state index contributed by atoms with van der Waals surface area (Å²) in [4.78, 5) is 40.1. The first kappa shape index (κ1) is 39.8. The molecule has 3 rings (SSSR count). The van der Waals surface area contributed by atoms with Gasteiger partial charge < -0.3 is 21.1 Å². The van der Waals surface area contributed by atoms with Crippen LogP contribution >= 0.6 is 0 Å². The van der Waals surface area contributed by atoms with Gasteiger partial charge in [-0.25, -0.2) is 8.42 Å². The van der Waals surface area contributed by atoms with Gasteiger partial charge in [0.2, 0.25) is 21.8 Å². The third kappa shape index (κ3) is 12.0. The Hall–Kier alpha value is -4.66. The molecule has 3 amide bonds. The average Bonchev–Trinajstić information content (AvgIpc) is 3.08. The van der Waals surface area contributed by atoms with Crippen LogP contribution in [0.15, 0.2) is 84.9 Å². The van der Waals surface area contributed by atoms with E-state index in [1.165, 1.54) is 13.1 Å². The Morgan fingerprint density at radius 1 is 0.840 bits per heavy atom. The highest BCUT2D eigenvalue weighted by Crippen LogP contribution is 2.23. The fourth-order valence-corrected chi connectivity index (χ4v) is 6.78. The van der Waals surface area contributed by atoms with Crippen molar-refractivity contribution in [2.24, 2.45) is 17.8 Å². The number of sulfonamides is 1. The second-order valence-corrected chi connectivity index (χ2v) is 15.3. The zero-order chi connectivity index (χ0) is 36.8. The van der Waals surface area contributed by atoms with Crippen molar-refractivity contribution in [3.8, 4) is 12.3 Å². The zero-order valence-electron chi connectivity index (χ0n) is 29.5. The molecule has 0 bridgehead atoms. The van der Waals surface area contributed by atoms with Crippen molar-refractivity contribution in [1.82, 2.24) is 16.0 Å². The number of benzene rings is 3. The molecule has 4 N–H and O–H groups in total. The number of nitrogens with zero attached hydrogens (tertiary/aromatic N) is 1. The van der Waals surface area contributed by atoms with Gasteiger partial charge in [-0.05, 0) is 54.0 Å². The van der Waals surface area contributed by atoms with Crippen LogP contribution in [-0.4, -0.2) is 56.5 Å². The van der Waals surface area contributed by atoms with Crippen LogP contribution in [0.2, 0.25) is 0 Å². The van der Waals surface area contributed by atoms with E-state index in [1.807, 2.05) is 64.1 Å². The highest BCUT2D eigenvalue weighted by molar-refractivity contribution is 7.92. The van der Waals surface area contributed by atoms with E-state index in [0.717, 1.165) is 9.87 Å². The largest absolute Gasteiger partial charge is 0.391 e. The molecule has 4 atom stereocenters. The minimum Gasteiger partial charge on any atom is -0.391 e. The van der Waals surface area contributed by atoms with Crippen LogP contribution in [0.25, 0.3) is 0 Å². The van der Waals surface area contributed by atoms with E-state index in [4.69, 9.17) is 6.42 Å². The SMILES string of the molecule is C#CCC(CC(O)C(CC(C)C)NC(=O)c1cccc(N(C)S(=O)(=O)Cc2ccccc2)c1)C(=O)N[C@H](C(=O)NCc1ccccc1)C(C)C. The molecular formula is C39H50N4O6S. The van der Waals surface area contributed by atoms with Gasteiger partial charge in [-0.3, -0.25) is 18.7 Å². The van der Waals surface area contributed by atoms with Crippen molar-refractivity contribution in [2.45, 2.75) is 77.4 Å². The number of amides is 3. The van der Waals surface area contributed by atoms with Gasteiger partial charge in [-0.1, -0.05) is 94.4 Å². The van der Waals surface area contributed by atoms with Gasteiger partial charge in [0.05, 0.1) is 29.5 Å². The highest BCUT2D eigenvalue weighted by Gasteiger charge is 2.32. The van der Waals surface area contributed by atoms with Gasteiger partial charge in [0.25, 0.3) is 5.91 Å². The molecule has 0 heterocycles. The van der Waals surface area contributed by atoms with Crippen LogP contribution in [0.4, 0.5) is 5.69 Å². The number of aliphatic hydroxyl groups is 1. The van der Waals surface area contributed by atoms with Crippen LogP contribution in [0.3, 0.4) is 0 Å². The lowest BCUT2D eigenvalue weighted by Crippen LogP contribution is -2.52.